The first-order chi connectivity index (χ1) is 10.9. The van der Waals surface area contributed by atoms with E-state index in [-0.39, 0.29) is 11.2 Å². The average Bonchev–Trinajstić information content (AvgIpc) is 2.51. The SMILES string of the molecule is Cc1ccc(Cl)c(OC(=O)c2ccc3c(c2)NC(=O)C(C)S3)c1. The Bertz CT molecular complexity index is 806. The summed E-state index contributed by atoms with van der Waals surface area (Å²) >= 11 is 7.50. The monoisotopic (exact) mass is 347 g/mol. The van der Waals surface area contributed by atoms with E-state index in [1.807, 2.05) is 26.0 Å². The van der Waals surface area contributed by atoms with Crippen LogP contribution in [-0.2, 0) is 4.79 Å². The van der Waals surface area contributed by atoms with Gasteiger partial charge in [-0.2, -0.15) is 0 Å². The number of halogens is 1. The summed E-state index contributed by atoms with van der Waals surface area (Å²) in [5.41, 5.74) is 1.93. The summed E-state index contributed by atoms with van der Waals surface area (Å²) in [4.78, 5) is 25.0. The maximum Gasteiger partial charge on any atom is 0.343 e. The molecule has 1 unspecified atom stereocenters. The molecule has 1 N–H and O–H groups in total. The Labute approximate surface area is 143 Å². The number of esters is 1. The summed E-state index contributed by atoms with van der Waals surface area (Å²) in [7, 11) is 0. The summed E-state index contributed by atoms with van der Waals surface area (Å²) in [5.74, 6) is -0.269. The predicted molar refractivity (Wildman–Crippen MR) is 91.5 cm³/mol. The zero-order valence-corrected chi connectivity index (χ0v) is 14.1. The van der Waals surface area contributed by atoms with Gasteiger partial charge in [-0.1, -0.05) is 17.7 Å². The first-order valence-electron chi connectivity index (χ1n) is 7.04. The third-order valence-corrected chi connectivity index (χ3v) is 4.93. The minimum atomic E-state index is -0.516. The van der Waals surface area contributed by atoms with Crippen molar-refractivity contribution in [3.05, 3.63) is 52.5 Å². The standard InChI is InChI=1S/C17H14ClNO3S/c1-9-3-5-12(18)14(7-9)22-17(21)11-4-6-15-13(8-11)19-16(20)10(2)23-15/h3-8,10H,1-2H3,(H,19,20). The predicted octanol–water partition coefficient (Wildman–Crippen LogP) is 4.30. The largest absolute Gasteiger partial charge is 0.421 e. The Morgan fingerprint density at radius 1 is 1.26 bits per heavy atom. The molecule has 118 valence electrons. The molecule has 3 rings (SSSR count). The van der Waals surface area contributed by atoms with Crippen molar-refractivity contribution in [3.63, 3.8) is 0 Å². The molecule has 0 bridgehead atoms. The Morgan fingerprint density at radius 2 is 2.04 bits per heavy atom. The van der Waals surface area contributed by atoms with Crippen molar-refractivity contribution in [2.24, 2.45) is 0 Å². The highest BCUT2D eigenvalue weighted by atomic mass is 35.5. The number of rotatable bonds is 2. The van der Waals surface area contributed by atoms with Gasteiger partial charge in [0.25, 0.3) is 0 Å². The van der Waals surface area contributed by atoms with Crippen LogP contribution in [0.2, 0.25) is 5.02 Å². The van der Waals surface area contributed by atoms with Crippen LogP contribution in [-0.4, -0.2) is 17.1 Å². The topological polar surface area (TPSA) is 55.4 Å². The third kappa shape index (κ3) is 3.35. The maximum absolute atomic E-state index is 12.3. The van der Waals surface area contributed by atoms with Crippen LogP contribution in [0, 0.1) is 6.92 Å². The Morgan fingerprint density at radius 3 is 2.83 bits per heavy atom. The molecular formula is C17H14ClNO3S. The summed E-state index contributed by atoms with van der Waals surface area (Å²) in [5, 5.41) is 3.02. The lowest BCUT2D eigenvalue weighted by Crippen LogP contribution is -2.26. The van der Waals surface area contributed by atoms with Crippen LogP contribution in [0.25, 0.3) is 0 Å². The molecule has 2 aromatic rings. The van der Waals surface area contributed by atoms with Gasteiger partial charge in [0.05, 0.1) is 21.5 Å². The number of anilines is 1. The van der Waals surface area contributed by atoms with Crippen molar-refractivity contribution in [2.45, 2.75) is 24.0 Å². The molecule has 2 aromatic carbocycles. The number of thioether (sulfide) groups is 1. The number of ether oxygens (including phenoxy) is 1. The van der Waals surface area contributed by atoms with Crippen LogP contribution >= 0.6 is 23.4 Å². The van der Waals surface area contributed by atoms with Gasteiger partial charge in [-0.05, 0) is 49.7 Å². The van der Waals surface area contributed by atoms with Crippen molar-refractivity contribution >= 4 is 40.9 Å². The van der Waals surface area contributed by atoms with Gasteiger partial charge >= 0.3 is 5.97 Å². The summed E-state index contributed by atoms with van der Waals surface area (Å²) < 4.78 is 5.36. The quantitative estimate of drug-likeness (QED) is 0.650. The van der Waals surface area contributed by atoms with Gasteiger partial charge in [0.2, 0.25) is 5.91 Å². The highest BCUT2D eigenvalue weighted by molar-refractivity contribution is 8.00. The van der Waals surface area contributed by atoms with Crippen molar-refractivity contribution in [2.75, 3.05) is 5.32 Å². The lowest BCUT2D eigenvalue weighted by atomic mass is 10.2. The molecule has 1 amide bonds. The number of carbonyl (C=O) groups excluding carboxylic acids is 2. The molecule has 1 aliphatic heterocycles. The minimum Gasteiger partial charge on any atom is -0.421 e. The number of nitrogens with one attached hydrogen (secondary N) is 1. The number of aryl methyl sites for hydroxylation is 1. The molecule has 0 aliphatic carbocycles. The van der Waals surface area contributed by atoms with E-state index in [1.54, 1.807) is 24.3 Å². The molecule has 1 heterocycles. The summed E-state index contributed by atoms with van der Waals surface area (Å²) in [6, 6.07) is 10.3. The zero-order chi connectivity index (χ0) is 16.6. The van der Waals surface area contributed by atoms with Crippen LogP contribution < -0.4 is 10.1 Å². The van der Waals surface area contributed by atoms with Gasteiger partial charge in [-0.3, -0.25) is 4.79 Å². The second-order valence-corrected chi connectivity index (χ2v) is 7.07. The van der Waals surface area contributed by atoms with E-state index in [9.17, 15) is 9.59 Å². The van der Waals surface area contributed by atoms with Gasteiger partial charge in [-0.15, -0.1) is 11.8 Å². The minimum absolute atomic E-state index is 0.0743. The molecule has 6 heteroatoms. The number of hydrogen-bond donors (Lipinski definition) is 1. The normalized spacial score (nSPS) is 16.5. The fourth-order valence-corrected chi connectivity index (χ4v) is 3.27. The molecule has 0 saturated carbocycles. The maximum atomic E-state index is 12.3. The van der Waals surface area contributed by atoms with E-state index in [0.717, 1.165) is 10.5 Å². The molecule has 0 spiro atoms. The first kappa shape index (κ1) is 15.9. The smallest absolute Gasteiger partial charge is 0.343 e. The van der Waals surface area contributed by atoms with Crippen molar-refractivity contribution in [1.82, 2.24) is 0 Å². The lowest BCUT2D eigenvalue weighted by Gasteiger charge is -2.21. The Balaban J connectivity index is 1.85. The second kappa shape index (κ2) is 6.26. The molecule has 23 heavy (non-hydrogen) atoms. The first-order valence-corrected chi connectivity index (χ1v) is 8.30. The molecule has 0 radical (unpaired) electrons. The van der Waals surface area contributed by atoms with E-state index in [0.29, 0.717) is 22.0 Å². The Kier molecular flexibility index (Phi) is 4.33. The molecule has 0 saturated heterocycles. The van der Waals surface area contributed by atoms with Gasteiger partial charge in [0.15, 0.2) is 0 Å². The fraction of sp³-hybridized carbons (Fsp3) is 0.176. The third-order valence-electron chi connectivity index (χ3n) is 3.44. The van der Waals surface area contributed by atoms with E-state index in [1.165, 1.54) is 11.8 Å². The lowest BCUT2D eigenvalue weighted by molar-refractivity contribution is -0.115. The van der Waals surface area contributed by atoms with Crippen LogP contribution in [0.3, 0.4) is 0 Å². The summed E-state index contributed by atoms with van der Waals surface area (Å²) in [6.07, 6.45) is 0. The average molecular weight is 348 g/mol. The molecule has 1 atom stereocenters. The van der Waals surface area contributed by atoms with E-state index < -0.39 is 5.97 Å². The van der Waals surface area contributed by atoms with Crippen LogP contribution in [0.4, 0.5) is 5.69 Å². The van der Waals surface area contributed by atoms with Crippen LogP contribution in [0.5, 0.6) is 5.75 Å². The molecular weight excluding hydrogens is 334 g/mol. The van der Waals surface area contributed by atoms with E-state index in [2.05, 4.69) is 5.32 Å². The molecule has 1 aliphatic rings. The molecule has 4 nitrogen and oxygen atoms in total. The van der Waals surface area contributed by atoms with Crippen molar-refractivity contribution in [1.29, 1.82) is 0 Å². The number of benzene rings is 2. The van der Waals surface area contributed by atoms with Crippen LogP contribution in [0.1, 0.15) is 22.8 Å². The van der Waals surface area contributed by atoms with Crippen LogP contribution in [0.15, 0.2) is 41.3 Å². The van der Waals surface area contributed by atoms with Gasteiger partial charge in [0.1, 0.15) is 5.75 Å². The number of carbonyl (C=O) groups is 2. The van der Waals surface area contributed by atoms with Gasteiger partial charge < -0.3 is 10.1 Å². The number of fused-ring (bicyclic) bond motifs is 1. The van der Waals surface area contributed by atoms with Crippen molar-refractivity contribution < 1.29 is 14.3 Å². The zero-order valence-electron chi connectivity index (χ0n) is 12.6. The Hall–Kier alpha value is -1.98. The van der Waals surface area contributed by atoms with E-state index in [4.69, 9.17) is 16.3 Å². The molecule has 0 fully saturated rings. The van der Waals surface area contributed by atoms with Gasteiger partial charge in [-0.25, -0.2) is 4.79 Å². The van der Waals surface area contributed by atoms with Gasteiger partial charge in [0, 0.05) is 4.90 Å². The van der Waals surface area contributed by atoms with E-state index >= 15 is 0 Å². The second-order valence-electron chi connectivity index (χ2n) is 5.28. The number of hydrogen-bond acceptors (Lipinski definition) is 4. The summed E-state index contributed by atoms with van der Waals surface area (Å²) in [6.45, 7) is 3.73. The highest BCUT2D eigenvalue weighted by Crippen LogP contribution is 2.36. The molecule has 0 aromatic heterocycles. The van der Waals surface area contributed by atoms with Crippen molar-refractivity contribution in [3.8, 4) is 5.75 Å². The fourth-order valence-electron chi connectivity index (χ4n) is 2.18. The number of amides is 1. The highest BCUT2D eigenvalue weighted by Gasteiger charge is 2.24.